The van der Waals surface area contributed by atoms with E-state index < -0.39 is 18.1 Å². The van der Waals surface area contributed by atoms with Crippen LogP contribution in [-0.4, -0.2) is 70.7 Å². The van der Waals surface area contributed by atoms with Crippen LogP contribution in [0.1, 0.15) is 70.9 Å². The first-order chi connectivity index (χ1) is 21.8. The Morgan fingerprint density at radius 2 is 1.85 bits per heavy atom. The topological polar surface area (TPSA) is 136 Å². The number of aromatic nitrogens is 5. The summed E-state index contributed by atoms with van der Waals surface area (Å²) in [5.41, 5.74) is 5.05. The highest BCUT2D eigenvalue weighted by atomic mass is 79.9. The lowest BCUT2D eigenvalue weighted by Gasteiger charge is -2.24. The third-order valence-corrected chi connectivity index (χ3v) is 8.21. The van der Waals surface area contributed by atoms with Gasteiger partial charge in [0.2, 0.25) is 0 Å². The minimum absolute atomic E-state index is 0.0374. The van der Waals surface area contributed by atoms with Crippen LogP contribution in [0.15, 0.2) is 59.3 Å². The Balaban J connectivity index is 0.000000537. The SMILES string of the molecule is CCOc1ccc(Br)cc1CN(Cc1cccc(-n2ncc(C(=O)O)c2[C@@H]2C[C@H]2c2cn(C)nn2)c1)C1CC1.O=C(O)C(F)(F)F. The maximum absolute atomic E-state index is 12.1. The summed E-state index contributed by atoms with van der Waals surface area (Å²) < 4.78 is 42.2. The number of halogens is 4. The third-order valence-electron chi connectivity index (χ3n) is 7.72. The van der Waals surface area contributed by atoms with Gasteiger partial charge in [-0.15, -0.1) is 5.10 Å². The molecule has 2 aromatic carbocycles. The fourth-order valence-electron chi connectivity index (χ4n) is 5.41. The van der Waals surface area contributed by atoms with Gasteiger partial charge in [0, 0.05) is 54.2 Å². The van der Waals surface area contributed by atoms with E-state index >= 15 is 0 Å². The number of aromatic carboxylic acids is 1. The Hall–Kier alpha value is -4.24. The van der Waals surface area contributed by atoms with Crippen LogP contribution in [0.4, 0.5) is 13.2 Å². The molecule has 2 aromatic heterocycles. The van der Waals surface area contributed by atoms with Crippen LogP contribution < -0.4 is 4.74 Å². The Bertz CT molecular complexity index is 1720. The molecule has 0 radical (unpaired) electrons. The van der Waals surface area contributed by atoms with E-state index in [1.54, 1.807) is 9.36 Å². The quantitative estimate of drug-likeness (QED) is 0.195. The van der Waals surface area contributed by atoms with E-state index in [4.69, 9.17) is 14.6 Å². The van der Waals surface area contributed by atoms with Crippen molar-refractivity contribution in [1.82, 2.24) is 29.7 Å². The van der Waals surface area contributed by atoms with Crippen LogP contribution in [0.3, 0.4) is 0 Å². The molecular formula is C31H32BrF3N6O5. The lowest BCUT2D eigenvalue weighted by Crippen LogP contribution is -2.25. The molecule has 0 aliphatic heterocycles. The second-order valence-electron chi connectivity index (χ2n) is 11.2. The average Bonchev–Trinajstić information content (AvgIpc) is 3.91. The molecule has 244 valence electrons. The lowest BCUT2D eigenvalue weighted by atomic mass is 10.1. The van der Waals surface area contributed by atoms with Crippen LogP contribution in [0, 0.1) is 0 Å². The monoisotopic (exact) mass is 704 g/mol. The number of aliphatic carboxylic acids is 1. The van der Waals surface area contributed by atoms with Crippen LogP contribution in [-0.2, 0) is 24.9 Å². The summed E-state index contributed by atoms with van der Waals surface area (Å²) in [6, 6.07) is 15.0. The number of hydrogen-bond donors (Lipinski definition) is 2. The summed E-state index contributed by atoms with van der Waals surface area (Å²) in [4.78, 5) is 23.5. The average molecular weight is 706 g/mol. The number of ether oxygens (including phenoxy) is 1. The zero-order valence-corrected chi connectivity index (χ0v) is 26.6. The van der Waals surface area contributed by atoms with Gasteiger partial charge in [-0.1, -0.05) is 33.3 Å². The molecule has 0 amide bonds. The predicted molar refractivity (Wildman–Crippen MR) is 163 cm³/mol. The summed E-state index contributed by atoms with van der Waals surface area (Å²) in [7, 11) is 1.84. The number of alkyl halides is 3. The minimum atomic E-state index is -5.08. The smallest absolute Gasteiger partial charge is 0.490 e. The summed E-state index contributed by atoms with van der Waals surface area (Å²) in [5, 5.41) is 29.9. The van der Waals surface area contributed by atoms with Gasteiger partial charge in [0.05, 0.1) is 29.9 Å². The van der Waals surface area contributed by atoms with Gasteiger partial charge in [-0.3, -0.25) is 9.58 Å². The van der Waals surface area contributed by atoms with Crippen molar-refractivity contribution in [3.05, 3.63) is 87.4 Å². The highest BCUT2D eigenvalue weighted by Gasteiger charge is 2.46. The van der Waals surface area contributed by atoms with E-state index in [2.05, 4.69) is 54.4 Å². The van der Waals surface area contributed by atoms with E-state index in [1.165, 1.54) is 24.6 Å². The number of aryl methyl sites for hydroxylation is 1. The van der Waals surface area contributed by atoms with Crippen molar-refractivity contribution in [3.63, 3.8) is 0 Å². The van der Waals surface area contributed by atoms with Crippen molar-refractivity contribution >= 4 is 27.9 Å². The Kier molecular flexibility index (Phi) is 9.82. The van der Waals surface area contributed by atoms with Crippen LogP contribution >= 0.6 is 15.9 Å². The molecule has 46 heavy (non-hydrogen) atoms. The number of hydrogen-bond acceptors (Lipinski definition) is 7. The van der Waals surface area contributed by atoms with E-state index in [-0.39, 0.29) is 17.4 Å². The fourth-order valence-corrected chi connectivity index (χ4v) is 5.81. The molecule has 2 saturated carbocycles. The van der Waals surface area contributed by atoms with Gasteiger partial charge < -0.3 is 14.9 Å². The molecule has 2 atom stereocenters. The molecule has 6 rings (SSSR count). The van der Waals surface area contributed by atoms with E-state index in [0.29, 0.717) is 12.6 Å². The zero-order chi connectivity index (χ0) is 33.2. The first kappa shape index (κ1) is 33.1. The van der Waals surface area contributed by atoms with Gasteiger partial charge in [0.25, 0.3) is 0 Å². The first-order valence-corrected chi connectivity index (χ1v) is 15.4. The van der Waals surface area contributed by atoms with Gasteiger partial charge in [0.1, 0.15) is 11.3 Å². The van der Waals surface area contributed by atoms with Crippen molar-refractivity contribution in [3.8, 4) is 11.4 Å². The molecule has 2 fully saturated rings. The molecule has 0 saturated heterocycles. The van der Waals surface area contributed by atoms with Crippen molar-refractivity contribution in [1.29, 1.82) is 0 Å². The van der Waals surface area contributed by atoms with Gasteiger partial charge in [-0.05, 0) is 62.1 Å². The largest absolute Gasteiger partial charge is 0.494 e. The van der Waals surface area contributed by atoms with E-state index in [9.17, 15) is 23.1 Å². The van der Waals surface area contributed by atoms with Crippen molar-refractivity contribution in [2.75, 3.05) is 6.61 Å². The summed E-state index contributed by atoms with van der Waals surface area (Å²) in [6.07, 6.45) is 1.49. The number of carboxylic acids is 2. The molecule has 2 aliphatic rings. The lowest BCUT2D eigenvalue weighted by molar-refractivity contribution is -0.192. The maximum Gasteiger partial charge on any atom is 0.490 e. The van der Waals surface area contributed by atoms with Crippen LogP contribution in [0.25, 0.3) is 5.69 Å². The molecular weight excluding hydrogens is 673 g/mol. The van der Waals surface area contributed by atoms with Gasteiger partial charge in [0.15, 0.2) is 0 Å². The maximum atomic E-state index is 12.1. The molecule has 0 unspecified atom stereocenters. The number of benzene rings is 2. The van der Waals surface area contributed by atoms with Crippen molar-refractivity contribution < 1.29 is 37.7 Å². The second kappa shape index (κ2) is 13.6. The number of nitrogens with zero attached hydrogens (tertiary/aromatic N) is 6. The standard InChI is InChI=1S/C29H31BrN6O3.C2HF3O2/c1-3-39-27-10-7-20(30)12-19(27)16-35(21-8-9-21)15-18-5-4-6-22(11-18)36-28(25(14-31-36)29(37)38)24-13-23(24)26-17-34(2)33-32-26;3-2(4,5)1(6)7/h4-7,10-12,14,17,21,23-24H,3,8-9,13,15-16H2,1-2H3,(H,37,38);(H,6,7)/t23-,24-;/m1./s1. The molecule has 11 nitrogen and oxygen atoms in total. The first-order valence-electron chi connectivity index (χ1n) is 14.6. The Morgan fingerprint density at radius 1 is 1.11 bits per heavy atom. The number of carbonyl (C=O) groups is 2. The highest BCUT2D eigenvalue weighted by molar-refractivity contribution is 9.10. The summed E-state index contributed by atoms with van der Waals surface area (Å²) in [6.45, 7) is 4.21. The molecule has 2 aliphatic carbocycles. The molecule has 0 bridgehead atoms. The van der Waals surface area contributed by atoms with Crippen LogP contribution in [0.5, 0.6) is 5.75 Å². The zero-order valence-electron chi connectivity index (χ0n) is 25.0. The second-order valence-corrected chi connectivity index (χ2v) is 12.1. The van der Waals surface area contributed by atoms with Gasteiger partial charge >= 0.3 is 18.1 Å². The normalized spacial score (nSPS) is 17.4. The summed E-state index contributed by atoms with van der Waals surface area (Å²) in [5.74, 6) is -2.62. The molecule has 4 aromatic rings. The molecule has 2 N–H and O–H groups in total. The third kappa shape index (κ3) is 7.94. The van der Waals surface area contributed by atoms with E-state index in [0.717, 1.165) is 52.4 Å². The molecule has 2 heterocycles. The van der Waals surface area contributed by atoms with Gasteiger partial charge in [-0.2, -0.15) is 18.3 Å². The van der Waals surface area contributed by atoms with Crippen molar-refractivity contribution in [2.45, 2.75) is 63.3 Å². The van der Waals surface area contributed by atoms with Crippen LogP contribution in [0.2, 0.25) is 0 Å². The predicted octanol–water partition coefficient (Wildman–Crippen LogP) is 5.93. The van der Waals surface area contributed by atoms with E-state index in [1.807, 2.05) is 44.4 Å². The number of carboxylic acid groups (broad SMARTS) is 2. The molecule has 0 spiro atoms. The minimum Gasteiger partial charge on any atom is -0.494 e. The van der Waals surface area contributed by atoms with Gasteiger partial charge in [-0.25, -0.2) is 14.3 Å². The highest BCUT2D eigenvalue weighted by Crippen LogP contribution is 2.55. The Morgan fingerprint density at radius 3 is 2.46 bits per heavy atom. The Labute approximate surface area is 270 Å². The fraction of sp³-hybridized carbons (Fsp3) is 0.387. The number of rotatable bonds is 11. The summed E-state index contributed by atoms with van der Waals surface area (Å²) >= 11 is 3.61. The molecule has 15 heteroatoms. The van der Waals surface area contributed by atoms with Crippen molar-refractivity contribution in [2.24, 2.45) is 7.05 Å².